The van der Waals surface area contributed by atoms with Crippen LogP contribution in [0.1, 0.15) is 25.3 Å². The van der Waals surface area contributed by atoms with Crippen molar-refractivity contribution < 1.29 is 0 Å². The van der Waals surface area contributed by atoms with Gasteiger partial charge in [-0.15, -0.1) is 35.7 Å². The minimum absolute atomic E-state index is 0. The summed E-state index contributed by atoms with van der Waals surface area (Å²) in [5, 5.41) is 3.36. The van der Waals surface area contributed by atoms with E-state index in [1.54, 1.807) is 28.5 Å². The summed E-state index contributed by atoms with van der Waals surface area (Å²) >= 11 is 1.75. The highest BCUT2D eigenvalue weighted by atomic mass is 127. The molecule has 0 fully saturated rings. The number of unbranched alkanes of at least 4 members (excludes halogenated alkanes) is 1. The number of hydrogen-bond acceptors (Lipinski definition) is 3. The van der Waals surface area contributed by atoms with Crippen molar-refractivity contribution in [3.05, 3.63) is 64.6 Å². The number of guanidine groups is 1. The summed E-state index contributed by atoms with van der Waals surface area (Å²) in [6.07, 6.45) is 5.82. The SMILES string of the molecule is CCNC(=NCCCCn1ccccc1=O)N(C)Cc1ccc(SC)cc1.I. The predicted octanol–water partition coefficient (Wildman–Crippen LogP) is 4.07. The van der Waals surface area contributed by atoms with Gasteiger partial charge in [-0.2, -0.15) is 0 Å². The number of halogens is 1. The van der Waals surface area contributed by atoms with Gasteiger partial charge in [-0.3, -0.25) is 9.79 Å². The summed E-state index contributed by atoms with van der Waals surface area (Å²) in [5.74, 6) is 0.920. The number of thioether (sulfide) groups is 1. The number of aromatic nitrogens is 1. The van der Waals surface area contributed by atoms with E-state index < -0.39 is 0 Å². The summed E-state index contributed by atoms with van der Waals surface area (Å²) in [7, 11) is 2.06. The molecule has 0 aliphatic heterocycles. The molecule has 0 atom stereocenters. The number of nitrogens with one attached hydrogen (secondary N) is 1. The van der Waals surface area contributed by atoms with Gasteiger partial charge in [0.05, 0.1) is 0 Å². The molecule has 1 N–H and O–H groups in total. The molecule has 0 aliphatic carbocycles. The maximum absolute atomic E-state index is 11.7. The van der Waals surface area contributed by atoms with Crippen LogP contribution in [0.2, 0.25) is 0 Å². The van der Waals surface area contributed by atoms with Crippen molar-refractivity contribution in [3.63, 3.8) is 0 Å². The summed E-state index contributed by atoms with van der Waals surface area (Å²) in [4.78, 5) is 19.9. The molecule has 0 unspecified atom stereocenters. The fourth-order valence-electron chi connectivity index (χ4n) is 2.77. The van der Waals surface area contributed by atoms with Gasteiger partial charge in [0.1, 0.15) is 0 Å². The Labute approximate surface area is 189 Å². The van der Waals surface area contributed by atoms with E-state index in [4.69, 9.17) is 4.99 Å². The molecular formula is C21H31IN4OS. The maximum Gasteiger partial charge on any atom is 0.250 e. The van der Waals surface area contributed by atoms with Crippen molar-refractivity contribution in [2.24, 2.45) is 4.99 Å². The number of pyridine rings is 1. The molecule has 154 valence electrons. The van der Waals surface area contributed by atoms with E-state index in [9.17, 15) is 4.79 Å². The van der Waals surface area contributed by atoms with Gasteiger partial charge in [0.25, 0.3) is 0 Å². The average Bonchev–Trinajstić information content (AvgIpc) is 2.68. The first kappa shape index (κ1) is 24.6. The number of aliphatic imine (C=N–C) groups is 1. The fourth-order valence-corrected chi connectivity index (χ4v) is 3.18. The topological polar surface area (TPSA) is 49.6 Å². The zero-order valence-electron chi connectivity index (χ0n) is 16.9. The van der Waals surface area contributed by atoms with E-state index >= 15 is 0 Å². The molecular weight excluding hydrogens is 483 g/mol. The summed E-state index contributed by atoms with van der Waals surface area (Å²) in [6.45, 7) is 5.23. The van der Waals surface area contributed by atoms with Crippen LogP contribution >= 0.6 is 35.7 Å². The van der Waals surface area contributed by atoms with Crippen LogP contribution < -0.4 is 10.9 Å². The van der Waals surface area contributed by atoms with Gasteiger partial charge in [-0.1, -0.05) is 18.2 Å². The largest absolute Gasteiger partial charge is 0.357 e. The zero-order chi connectivity index (χ0) is 19.5. The summed E-state index contributed by atoms with van der Waals surface area (Å²) in [6, 6.07) is 13.9. The Bertz CT molecular complexity index is 776. The van der Waals surface area contributed by atoms with Crippen LogP contribution in [0.5, 0.6) is 0 Å². The van der Waals surface area contributed by atoms with E-state index in [-0.39, 0.29) is 29.5 Å². The molecule has 5 nitrogen and oxygen atoms in total. The molecule has 1 aromatic heterocycles. The third-order valence-corrected chi connectivity index (χ3v) is 4.99. The lowest BCUT2D eigenvalue weighted by molar-refractivity contribution is 0.475. The van der Waals surface area contributed by atoms with E-state index in [0.717, 1.165) is 45.0 Å². The Kier molecular flexibility index (Phi) is 12.0. The van der Waals surface area contributed by atoms with E-state index in [1.807, 2.05) is 12.3 Å². The van der Waals surface area contributed by atoms with Crippen LogP contribution in [-0.4, -0.2) is 41.8 Å². The lowest BCUT2D eigenvalue weighted by Crippen LogP contribution is -2.38. The predicted molar refractivity (Wildman–Crippen MR) is 131 cm³/mol. The third-order valence-electron chi connectivity index (χ3n) is 4.24. The fraction of sp³-hybridized carbons (Fsp3) is 0.429. The first-order valence-corrected chi connectivity index (χ1v) is 10.6. The van der Waals surface area contributed by atoms with Gasteiger partial charge >= 0.3 is 0 Å². The minimum atomic E-state index is 0. The number of nitrogens with zero attached hydrogens (tertiary/aromatic N) is 3. The lowest BCUT2D eigenvalue weighted by Gasteiger charge is -2.22. The molecule has 0 amide bonds. The number of rotatable bonds is 9. The molecule has 1 aromatic carbocycles. The first-order valence-electron chi connectivity index (χ1n) is 9.42. The number of hydrogen-bond donors (Lipinski definition) is 1. The van der Waals surface area contributed by atoms with Crippen LogP contribution in [0.25, 0.3) is 0 Å². The van der Waals surface area contributed by atoms with Crippen molar-refractivity contribution in [2.75, 3.05) is 26.4 Å². The Morgan fingerprint density at radius 3 is 2.57 bits per heavy atom. The van der Waals surface area contributed by atoms with E-state index in [0.29, 0.717) is 0 Å². The molecule has 0 saturated heterocycles. The van der Waals surface area contributed by atoms with Crippen molar-refractivity contribution in [1.82, 2.24) is 14.8 Å². The lowest BCUT2D eigenvalue weighted by atomic mass is 10.2. The quantitative estimate of drug-likeness (QED) is 0.180. The van der Waals surface area contributed by atoms with Crippen molar-refractivity contribution in [1.29, 1.82) is 0 Å². The van der Waals surface area contributed by atoms with Crippen LogP contribution in [0.15, 0.2) is 63.3 Å². The highest BCUT2D eigenvalue weighted by molar-refractivity contribution is 14.0. The molecule has 28 heavy (non-hydrogen) atoms. The molecule has 2 rings (SSSR count). The molecule has 0 aliphatic rings. The van der Waals surface area contributed by atoms with Gasteiger partial charge in [0, 0.05) is 50.4 Å². The van der Waals surface area contributed by atoms with Crippen LogP contribution in [-0.2, 0) is 13.1 Å². The van der Waals surface area contributed by atoms with E-state index in [2.05, 4.69) is 54.7 Å². The van der Waals surface area contributed by atoms with Gasteiger partial charge < -0.3 is 14.8 Å². The highest BCUT2D eigenvalue weighted by Gasteiger charge is 2.06. The average molecular weight is 514 g/mol. The summed E-state index contributed by atoms with van der Waals surface area (Å²) < 4.78 is 1.75. The van der Waals surface area contributed by atoms with Crippen LogP contribution in [0, 0.1) is 0 Å². The maximum atomic E-state index is 11.7. The molecule has 0 spiro atoms. The monoisotopic (exact) mass is 514 g/mol. The first-order chi connectivity index (χ1) is 13.1. The van der Waals surface area contributed by atoms with Gasteiger partial charge in [-0.05, 0) is 49.8 Å². The van der Waals surface area contributed by atoms with Crippen LogP contribution in [0.3, 0.4) is 0 Å². The Morgan fingerprint density at radius 2 is 1.93 bits per heavy atom. The smallest absolute Gasteiger partial charge is 0.250 e. The van der Waals surface area contributed by atoms with Gasteiger partial charge in [0.2, 0.25) is 5.56 Å². The normalized spacial score (nSPS) is 11.0. The number of aryl methyl sites for hydroxylation is 1. The van der Waals surface area contributed by atoms with Gasteiger partial charge in [0.15, 0.2) is 5.96 Å². The molecule has 0 saturated carbocycles. The molecule has 7 heteroatoms. The zero-order valence-corrected chi connectivity index (χ0v) is 20.1. The van der Waals surface area contributed by atoms with Crippen molar-refractivity contribution >= 4 is 41.7 Å². The molecule has 1 heterocycles. The second-order valence-corrected chi connectivity index (χ2v) is 7.26. The van der Waals surface area contributed by atoms with E-state index in [1.165, 1.54) is 10.5 Å². The minimum Gasteiger partial charge on any atom is -0.357 e. The Morgan fingerprint density at radius 1 is 1.18 bits per heavy atom. The Balaban J connectivity index is 0.00000392. The van der Waals surface area contributed by atoms with Gasteiger partial charge in [-0.25, -0.2) is 0 Å². The molecule has 0 radical (unpaired) electrons. The molecule has 2 aromatic rings. The summed E-state index contributed by atoms with van der Waals surface area (Å²) in [5.41, 5.74) is 1.32. The van der Waals surface area contributed by atoms with Crippen molar-refractivity contribution in [2.45, 2.75) is 37.8 Å². The van der Waals surface area contributed by atoms with Crippen LogP contribution in [0.4, 0.5) is 0 Å². The Hall–Kier alpha value is -1.48. The van der Waals surface area contributed by atoms with Crippen molar-refractivity contribution in [3.8, 4) is 0 Å². The molecule has 0 bridgehead atoms. The second kappa shape index (κ2) is 13.7. The number of benzene rings is 1. The second-order valence-electron chi connectivity index (χ2n) is 6.38. The highest BCUT2D eigenvalue weighted by Crippen LogP contribution is 2.15. The standard InChI is InChI=1S/C21H30N4OS.HI/c1-4-22-21(24(2)17-18-10-12-19(27-3)13-11-18)23-14-6-8-16-25-15-7-5-9-20(25)26;/h5,7,9-13,15H,4,6,8,14,16-17H2,1-3H3,(H,22,23);1H. The third kappa shape index (κ3) is 8.26.